The average Bonchev–Trinajstić information content (AvgIpc) is 2.83. The van der Waals surface area contributed by atoms with Gasteiger partial charge in [0, 0.05) is 18.3 Å². The average molecular weight is 287 g/mol. The first-order valence-electron chi connectivity index (χ1n) is 6.80. The number of amides is 1. The Balaban J connectivity index is 2.19. The Bertz CT molecular complexity index is 642. The minimum Gasteiger partial charge on any atom is -0.325 e. The number of rotatable bonds is 3. The molecule has 1 amide bonds. The van der Waals surface area contributed by atoms with Gasteiger partial charge in [-0.1, -0.05) is 32.9 Å². The number of aromatic nitrogens is 3. The molecule has 0 aliphatic carbocycles. The van der Waals surface area contributed by atoms with Crippen molar-refractivity contribution in [2.75, 3.05) is 5.32 Å². The van der Waals surface area contributed by atoms with Crippen molar-refractivity contribution in [2.45, 2.75) is 26.8 Å². The second-order valence-corrected chi connectivity index (χ2v) is 6.18. The highest BCUT2D eigenvalue weighted by Crippen LogP contribution is 2.22. The minimum atomic E-state index is -0.573. The molecule has 0 saturated carbocycles. The molecule has 0 radical (unpaired) electrons. The smallest absolute Gasteiger partial charge is 0.241 e. The second kappa shape index (κ2) is 5.65. The van der Waals surface area contributed by atoms with Crippen molar-refractivity contribution in [3.05, 3.63) is 30.6 Å². The molecule has 1 aromatic carbocycles. The van der Waals surface area contributed by atoms with Crippen LogP contribution in [0, 0.1) is 5.41 Å². The minimum absolute atomic E-state index is 0.197. The molecule has 6 heteroatoms. The Hall–Kier alpha value is -2.21. The lowest BCUT2D eigenvalue weighted by Gasteiger charge is -2.25. The molecule has 0 bridgehead atoms. The van der Waals surface area contributed by atoms with Crippen molar-refractivity contribution in [2.24, 2.45) is 18.2 Å². The topological polar surface area (TPSA) is 85.8 Å². The van der Waals surface area contributed by atoms with Crippen LogP contribution >= 0.6 is 0 Å². The fraction of sp³-hybridized carbons (Fsp3) is 0.400. The summed E-state index contributed by atoms with van der Waals surface area (Å²) in [5.41, 5.74) is 7.25. The van der Waals surface area contributed by atoms with E-state index in [0.717, 1.165) is 11.4 Å². The Kier molecular flexibility index (Phi) is 4.09. The highest BCUT2D eigenvalue weighted by molar-refractivity contribution is 5.95. The van der Waals surface area contributed by atoms with Gasteiger partial charge in [-0.3, -0.25) is 4.79 Å². The number of carbonyl (C=O) groups is 1. The highest BCUT2D eigenvalue weighted by atomic mass is 16.2. The van der Waals surface area contributed by atoms with Gasteiger partial charge in [-0.2, -0.15) is 0 Å². The van der Waals surface area contributed by atoms with E-state index in [1.54, 1.807) is 6.33 Å². The predicted molar refractivity (Wildman–Crippen MR) is 82.5 cm³/mol. The molecule has 1 unspecified atom stereocenters. The molecule has 0 fully saturated rings. The van der Waals surface area contributed by atoms with Crippen LogP contribution in [0.15, 0.2) is 30.6 Å². The molecule has 1 atom stereocenters. The largest absolute Gasteiger partial charge is 0.325 e. The fourth-order valence-electron chi connectivity index (χ4n) is 1.89. The number of anilines is 1. The van der Waals surface area contributed by atoms with Crippen LogP contribution in [0.3, 0.4) is 0 Å². The van der Waals surface area contributed by atoms with Crippen LogP contribution in [0.2, 0.25) is 0 Å². The molecule has 21 heavy (non-hydrogen) atoms. The van der Waals surface area contributed by atoms with Gasteiger partial charge < -0.3 is 15.6 Å². The van der Waals surface area contributed by atoms with E-state index in [1.165, 1.54) is 0 Å². The van der Waals surface area contributed by atoms with Crippen molar-refractivity contribution in [3.8, 4) is 11.4 Å². The maximum absolute atomic E-state index is 12.2. The summed E-state index contributed by atoms with van der Waals surface area (Å²) in [5, 5.41) is 10.8. The summed E-state index contributed by atoms with van der Waals surface area (Å²) in [4.78, 5) is 12.2. The van der Waals surface area contributed by atoms with Crippen LogP contribution in [0.25, 0.3) is 11.4 Å². The standard InChI is InChI=1S/C15H21N5O/c1-15(2,3)12(16)14(21)18-11-7-5-6-10(8-11)13-19-17-9-20(13)4/h5-9,12H,16H2,1-4H3,(H,18,21). The van der Waals surface area contributed by atoms with Crippen molar-refractivity contribution >= 4 is 11.6 Å². The highest BCUT2D eigenvalue weighted by Gasteiger charge is 2.27. The number of aryl methyl sites for hydroxylation is 1. The van der Waals surface area contributed by atoms with Gasteiger partial charge in [0.05, 0.1) is 6.04 Å². The van der Waals surface area contributed by atoms with Gasteiger partial charge in [-0.15, -0.1) is 10.2 Å². The van der Waals surface area contributed by atoms with Crippen molar-refractivity contribution < 1.29 is 4.79 Å². The van der Waals surface area contributed by atoms with Crippen molar-refractivity contribution in [1.29, 1.82) is 0 Å². The zero-order chi connectivity index (χ0) is 15.6. The summed E-state index contributed by atoms with van der Waals surface area (Å²) in [6.07, 6.45) is 1.64. The molecule has 6 nitrogen and oxygen atoms in total. The lowest BCUT2D eigenvalue weighted by molar-refractivity contribution is -0.119. The van der Waals surface area contributed by atoms with E-state index in [1.807, 2.05) is 56.7 Å². The summed E-state index contributed by atoms with van der Waals surface area (Å²) >= 11 is 0. The molecular weight excluding hydrogens is 266 g/mol. The number of nitrogens with two attached hydrogens (primary N) is 1. The van der Waals surface area contributed by atoms with Crippen LogP contribution < -0.4 is 11.1 Å². The van der Waals surface area contributed by atoms with Gasteiger partial charge >= 0.3 is 0 Å². The molecule has 1 heterocycles. The van der Waals surface area contributed by atoms with Crippen LogP contribution in [0.1, 0.15) is 20.8 Å². The van der Waals surface area contributed by atoms with Gasteiger partial charge in [-0.25, -0.2) is 0 Å². The Morgan fingerprint density at radius 1 is 1.38 bits per heavy atom. The summed E-state index contributed by atoms with van der Waals surface area (Å²) in [6, 6.07) is 6.90. The normalized spacial score (nSPS) is 13.0. The molecule has 0 spiro atoms. The quantitative estimate of drug-likeness (QED) is 0.901. The first-order chi connectivity index (χ1) is 9.79. The molecule has 1 aromatic heterocycles. The fourth-order valence-corrected chi connectivity index (χ4v) is 1.89. The van der Waals surface area contributed by atoms with E-state index >= 15 is 0 Å². The molecule has 2 aromatic rings. The molecule has 2 rings (SSSR count). The summed E-state index contributed by atoms with van der Waals surface area (Å²) in [5.74, 6) is 0.545. The number of nitrogens with zero attached hydrogens (tertiary/aromatic N) is 3. The van der Waals surface area contributed by atoms with E-state index in [-0.39, 0.29) is 11.3 Å². The molecule has 112 valence electrons. The molecule has 3 N–H and O–H groups in total. The van der Waals surface area contributed by atoms with Crippen molar-refractivity contribution in [3.63, 3.8) is 0 Å². The van der Waals surface area contributed by atoms with Gasteiger partial charge in [0.1, 0.15) is 6.33 Å². The maximum atomic E-state index is 12.2. The lowest BCUT2D eigenvalue weighted by Crippen LogP contribution is -2.45. The Labute approximate surface area is 124 Å². The number of hydrogen-bond acceptors (Lipinski definition) is 4. The molecular formula is C15H21N5O. The predicted octanol–water partition coefficient (Wildman–Crippen LogP) is 1.79. The van der Waals surface area contributed by atoms with Crippen LogP contribution in [0.5, 0.6) is 0 Å². The zero-order valence-electron chi connectivity index (χ0n) is 12.8. The summed E-state index contributed by atoms with van der Waals surface area (Å²) in [7, 11) is 1.87. The van der Waals surface area contributed by atoms with Crippen molar-refractivity contribution in [1.82, 2.24) is 14.8 Å². The van der Waals surface area contributed by atoms with E-state index in [4.69, 9.17) is 5.73 Å². The number of nitrogens with one attached hydrogen (secondary N) is 1. The van der Waals surface area contributed by atoms with Crippen LogP contribution in [-0.2, 0) is 11.8 Å². The van der Waals surface area contributed by atoms with Gasteiger partial charge in [0.15, 0.2) is 5.82 Å². The van der Waals surface area contributed by atoms with E-state index in [2.05, 4.69) is 15.5 Å². The number of carbonyl (C=O) groups excluding carboxylic acids is 1. The third kappa shape index (κ3) is 3.46. The van der Waals surface area contributed by atoms with Crippen LogP contribution in [-0.4, -0.2) is 26.7 Å². The Morgan fingerprint density at radius 2 is 2.10 bits per heavy atom. The summed E-state index contributed by atoms with van der Waals surface area (Å²) in [6.45, 7) is 5.81. The number of benzene rings is 1. The lowest BCUT2D eigenvalue weighted by atomic mass is 9.87. The first-order valence-corrected chi connectivity index (χ1v) is 6.80. The SMILES string of the molecule is Cn1cnnc1-c1cccc(NC(=O)C(N)C(C)(C)C)c1. The third-order valence-electron chi connectivity index (χ3n) is 3.32. The third-order valence-corrected chi connectivity index (χ3v) is 3.32. The van der Waals surface area contributed by atoms with E-state index in [0.29, 0.717) is 5.69 Å². The zero-order valence-corrected chi connectivity index (χ0v) is 12.8. The monoisotopic (exact) mass is 287 g/mol. The first kappa shape index (κ1) is 15.2. The van der Waals surface area contributed by atoms with Gasteiger partial charge in [-0.05, 0) is 17.5 Å². The van der Waals surface area contributed by atoms with Gasteiger partial charge in [0.25, 0.3) is 0 Å². The molecule has 0 aliphatic heterocycles. The van der Waals surface area contributed by atoms with Crippen LogP contribution in [0.4, 0.5) is 5.69 Å². The summed E-state index contributed by atoms with van der Waals surface area (Å²) < 4.78 is 1.82. The number of hydrogen-bond donors (Lipinski definition) is 2. The second-order valence-electron chi connectivity index (χ2n) is 6.18. The maximum Gasteiger partial charge on any atom is 0.241 e. The Morgan fingerprint density at radius 3 is 2.67 bits per heavy atom. The van der Waals surface area contributed by atoms with E-state index in [9.17, 15) is 4.79 Å². The van der Waals surface area contributed by atoms with Gasteiger partial charge in [0.2, 0.25) is 5.91 Å². The molecule has 0 aliphatic rings. The van der Waals surface area contributed by atoms with E-state index < -0.39 is 6.04 Å². The molecule has 0 saturated heterocycles.